The molecule has 1 aromatic carbocycles. The number of carbonyl (C=O) groups is 1. The fourth-order valence-electron chi connectivity index (χ4n) is 1.72. The van der Waals surface area contributed by atoms with E-state index in [1.54, 1.807) is 11.0 Å². The predicted octanol–water partition coefficient (Wildman–Crippen LogP) is 2.18. The molecule has 4 heteroatoms. The number of hydrogen-bond acceptors (Lipinski definition) is 2. The summed E-state index contributed by atoms with van der Waals surface area (Å²) in [5.41, 5.74) is 2.25. The van der Waals surface area contributed by atoms with Gasteiger partial charge in [-0.3, -0.25) is 4.90 Å². The largest absolute Gasteiger partial charge is 0.465 e. The Labute approximate surface area is 113 Å². The van der Waals surface area contributed by atoms with Crippen LogP contribution in [0.15, 0.2) is 18.2 Å². The third-order valence-corrected chi connectivity index (χ3v) is 2.68. The van der Waals surface area contributed by atoms with Crippen molar-refractivity contribution >= 4 is 17.5 Å². The molecular formula is C15H16N2O2. The molecule has 1 rings (SSSR count). The van der Waals surface area contributed by atoms with Crippen LogP contribution < -0.4 is 9.80 Å². The Kier molecular flexibility index (Phi) is 4.85. The fraction of sp³-hybridized carbons (Fsp3) is 0.267. The average Bonchev–Trinajstić information content (AvgIpc) is 2.37. The van der Waals surface area contributed by atoms with Crippen LogP contribution in [0.4, 0.5) is 16.2 Å². The molecule has 1 aromatic rings. The van der Waals surface area contributed by atoms with E-state index in [2.05, 4.69) is 11.8 Å². The van der Waals surface area contributed by atoms with Gasteiger partial charge in [-0.2, -0.15) is 0 Å². The molecule has 0 heterocycles. The van der Waals surface area contributed by atoms with Gasteiger partial charge in [0, 0.05) is 7.05 Å². The summed E-state index contributed by atoms with van der Waals surface area (Å²) in [5.74, 6) is 5.05. The summed E-state index contributed by atoms with van der Waals surface area (Å²) < 4.78 is 0. The van der Waals surface area contributed by atoms with Gasteiger partial charge in [-0.1, -0.05) is 17.9 Å². The Balaban J connectivity index is 3.29. The van der Waals surface area contributed by atoms with Crippen LogP contribution >= 0.6 is 0 Å². The van der Waals surface area contributed by atoms with E-state index in [9.17, 15) is 4.79 Å². The number of terminal acetylenes is 2. The van der Waals surface area contributed by atoms with Crippen LogP contribution in [0.1, 0.15) is 5.56 Å². The number of rotatable bonds is 4. The van der Waals surface area contributed by atoms with E-state index >= 15 is 0 Å². The molecule has 0 atom stereocenters. The molecule has 0 saturated carbocycles. The van der Waals surface area contributed by atoms with Crippen LogP contribution in [-0.2, 0) is 0 Å². The van der Waals surface area contributed by atoms with Crippen molar-refractivity contribution in [3.8, 4) is 24.7 Å². The highest BCUT2D eigenvalue weighted by Crippen LogP contribution is 2.29. The van der Waals surface area contributed by atoms with E-state index < -0.39 is 6.09 Å². The molecule has 0 aliphatic rings. The Morgan fingerprint density at radius 3 is 2.32 bits per heavy atom. The first-order valence-corrected chi connectivity index (χ1v) is 5.70. The number of amides is 1. The highest BCUT2D eigenvalue weighted by atomic mass is 16.4. The van der Waals surface area contributed by atoms with E-state index in [1.807, 2.05) is 19.1 Å². The van der Waals surface area contributed by atoms with Gasteiger partial charge in [0.15, 0.2) is 0 Å². The third-order valence-electron chi connectivity index (χ3n) is 2.68. The summed E-state index contributed by atoms with van der Waals surface area (Å²) >= 11 is 0. The molecule has 0 bridgehead atoms. The molecular weight excluding hydrogens is 240 g/mol. The maximum atomic E-state index is 11.1. The van der Waals surface area contributed by atoms with Gasteiger partial charge in [-0.15, -0.1) is 12.8 Å². The molecule has 0 aromatic heterocycles. The Morgan fingerprint density at radius 2 is 1.84 bits per heavy atom. The average molecular weight is 256 g/mol. The lowest BCUT2D eigenvalue weighted by atomic mass is 10.1. The molecule has 4 nitrogen and oxygen atoms in total. The van der Waals surface area contributed by atoms with Crippen molar-refractivity contribution in [2.24, 2.45) is 0 Å². The quantitative estimate of drug-likeness (QED) is 0.840. The summed E-state index contributed by atoms with van der Waals surface area (Å²) in [4.78, 5) is 14.1. The predicted molar refractivity (Wildman–Crippen MR) is 77.5 cm³/mol. The molecule has 0 radical (unpaired) electrons. The van der Waals surface area contributed by atoms with Crippen molar-refractivity contribution in [1.82, 2.24) is 0 Å². The molecule has 1 N–H and O–H groups in total. The van der Waals surface area contributed by atoms with E-state index in [0.29, 0.717) is 24.5 Å². The number of hydrogen-bond donors (Lipinski definition) is 1. The summed E-state index contributed by atoms with van der Waals surface area (Å²) in [6.07, 6.45) is 9.61. The number of nitrogens with zero attached hydrogens (tertiary/aromatic N) is 2. The van der Waals surface area contributed by atoms with Crippen molar-refractivity contribution in [2.75, 3.05) is 29.9 Å². The first-order chi connectivity index (χ1) is 9.01. The Morgan fingerprint density at radius 1 is 1.26 bits per heavy atom. The monoisotopic (exact) mass is 256 g/mol. The summed E-state index contributed by atoms with van der Waals surface area (Å²) in [5, 5.41) is 9.12. The number of anilines is 2. The molecule has 1 amide bonds. The summed E-state index contributed by atoms with van der Waals surface area (Å²) in [6.45, 7) is 2.55. The highest BCUT2D eigenvalue weighted by molar-refractivity contribution is 5.91. The normalized spacial score (nSPS) is 9.26. The molecule has 0 saturated heterocycles. The van der Waals surface area contributed by atoms with Gasteiger partial charge in [-0.25, -0.2) is 4.79 Å². The molecule has 19 heavy (non-hydrogen) atoms. The topological polar surface area (TPSA) is 43.8 Å². The first kappa shape index (κ1) is 14.5. The van der Waals surface area contributed by atoms with Crippen LogP contribution in [0.5, 0.6) is 0 Å². The minimum atomic E-state index is -1.03. The van der Waals surface area contributed by atoms with Crippen molar-refractivity contribution in [3.63, 3.8) is 0 Å². The van der Waals surface area contributed by atoms with Crippen LogP contribution in [0.2, 0.25) is 0 Å². The van der Waals surface area contributed by atoms with Crippen LogP contribution in [-0.4, -0.2) is 31.3 Å². The van der Waals surface area contributed by atoms with Gasteiger partial charge in [0.2, 0.25) is 0 Å². The van der Waals surface area contributed by atoms with Crippen LogP contribution in [0.3, 0.4) is 0 Å². The lowest BCUT2D eigenvalue weighted by Gasteiger charge is -2.26. The van der Waals surface area contributed by atoms with Crippen molar-refractivity contribution in [3.05, 3.63) is 23.8 Å². The number of carboxylic acid groups (broad SMARTS) is 1. The maximum absolute atomic E-state index is 11.1. The lowest BCUT2D eigenvalue weighted by molar-refractivity contribution is 0.203. The summed E-state index contributed by atoms with van der Waals surface area (Å²) in [7, 11) is 1.49. The molecule has 0 aliphatic heterocycles. The fourth-order valence-corrected chi connectivity index (χ4v) is 1.72. The first-order valence-electron chi connectivity index (χ1n) is 5.70. The van der Waals surface area contributed by atoms with E-state index in [0.717, 1.165) is 10.5 Å². The SMILES string of the molecule is C#CCN(CC#C)c1ccc(C)cc1N(C)C(=O)O. The zero-order valence-electron chi connectivity index (χ0n) is 11.1. The van der Waals surface area contributed by atoms with Gasteiger partial charge in [0.25, 0.3) is 0 Å². The van der Waals surface area contributed by atoms with Crippen LogP contribution in [0, 0.1) is 31.6 Å². The van der Waals surface area contributed by atoms with Crippen LogP contribution in [0.25, 0.3) is 0 Å². The Hall–Kier alpha value is -2.59. The van der Waals surface area contributed by atoms with Crippen molar-refractivity contribution in [2.45, 2.75) is 6.92 Å². The lowest BCUT2D eigenvalue weighted by Crippen LogP contribution is -2.29. The zero-order chi connectivity index (χ0) is 14.4. The van der Waals surface area contributed by atoms with Gasteiger partial charge in [0.05, 0.1) is 24.5 Å². The smallest absolute Gasteiger partial charge is 0.411 e. The minimum Gasteiger partial charge on any atom is -0.465 e. The standard InChI is InChI=1S/C15H16N2O2/c1-5-9-17(10-6-2)13-8-7-12(3)11-14(13)16(4)15(18)19/h1-2,7-8,11H,9-10H2,3-4H3,(H,18,19). The minimum absolute atomic E-state index is 0.327. The Bertz CT molecular complexity index is 536. The zero-order valence-corrected chi connectivity index (χ0v) is 11.1. The molecule has 0 spiro atoms. The molecule has 0 aliphatic carbocycles. The van der Waals surface area contributed by atoms with Gasteiger partial charge in [-0.05, 0) is 24.6 Å². The number of benzene rings is 1. The molecule has 0 fully saturated rings. The third kappa shape index (κ3) is 3.43. The second kappa shape index (κ2) is 6.37. The number of aryl methyl sites for hydroxylation is 1. The van der Waals surface area contributed by atoms with Gasteiger partial charge >= 0.3 is 6.09 Å². The second-order valence-corrected chi connectivity index (χ2v) is 4.10. The van der Waals surface area contributed by atoms with E-state index in [-0.39, 0.29) is 0 Å². The molecule has 0 unspecified atom stereocenters. The van der Waals surface area contributed by atoms with E-state index in [1.165, 1.54) is 7.05 Å². The van der Waals surface area contributed by atoms with Crippen molar-refractivity contribution < 1.29 is 9.90 Å². The summed E-state index contributed by atoms with van der Waals surface area (Å²) in [6, 6.07) is 5.52. The maximum Gasteiger partial charge on any atom is 0.411 e. The van der Waals surface area contributed by atoms with E-state index in [4.69, 9.17) is 18.0 Å². The second-order valence-electron chi connectivity index (χ2n) is 4.10. The molecule has 98 valence electrons. The highest BCUT2D eigenvalue weighted by Gasteiger charge is 2.17. The van der Waals surface area contributed by atoms with Crippen molar-refractivity contribution in [1.29, 1.82) is 0 Å². The van der Waals surface area contributed by atoms with Gasteiger partial charge in [0.1, 0.15) is 0 Å². The van der Waals surface area contributed by atoms with Gasteiger partial charge < -0.3 is 10.0 Å².